The molecule has 0 spiro atoms. The third-order valence-corrected chi connectivity index (χ3v) is 5.30. The maximum atomic E-state index is 12.3. The van der Waals surface area contributed by atoms with Gasteiger partial charge in [0.15, 0.2) is 0 Å². The van der Waals surface area contributed by atoms with Gasteiger partial charge in [-0.05, 0) is 54.6 Å². The van der Waals surface area contributed by atoms with E-state index >= 15 is 0 Å². The molecule has 2 N–H and O–H groups in total. The molecule has 0 radical (unpaired) electrons. The van der Waals surface area contributed by atoms with Gasteiger partial charge in [0, 0.05) is 54.6 Å². The Balaban J connectivity index is 1.43. The highest BCUT2D eigenvalue weighted by molar-refractivity contribution is 6.30. The number of carbonyl (C=O) groups is 1. The highest BCUT2D eigenvalue weighted by Gasteiger charge is 2.21. The zero-order valence-corrected chi connectivity index (χ0v) is 17.8. The van der Waals surface area contributed by atoms with Crippen LogP contribution in [0.2, 0.25) is 5.02 Å². The maximum Gasteiger partial charge on any atom is 0.294 e. The van der Waals surface area contributed by atoms with Crippen molar-refractivity contribution in [3.8, 4) is 11.3 Å². The number of carbonyl (C=O) groups excluding carboxylic acids is 1. The molecule has 164 valence electrons. The van der Waals surface area contributed by atoms with Crippen molar-refractivity contribution in [2.75, 3.05) is 36.4 Å². The molecule has 1 fully saturated rings. The van der Waals surface area contributed by atoms with Gasteiger partial charge in [0.1, 0.15) is 17.2 Å². The van der Waals surface area contributed by atoms with Crippen LogP contribution in [0.4, 0.5) is 17.1 Å². The molecule has 1 aliphatic heterocycles. The molecule has 2 heterocycles. The van der Waals surface area contributed by atoms with Gasteiger partial charge in [-0.25, -0.2) is 0 Å². The van der Waals surface area contributed by atoms with E-state index in [-0.39, 0.29) is 5.69 Å². The lowest BCUT2D eigenvalue weighted by Crippen LogP contribution is -2.43. The third kappa shape index (κ3) is 5.16. The van der Waals surface area contributed by atoms with E-state index in [0.29, 0.717) is 41.0 Å². The average molecular weight is 453 g/mol. The van der Waals surface area contributed by atoms with Crippen molar-refractivity contribution in [3.63, 3.8) is 0 Å². The van der Waals surface area contributed by atoms with Gasteiger partial charge in [-0.1, -0.05) is 11.6 Å². The molecule has 0 atom stereocenters. The van der Waals surface area contributed by atoms with Gasteiger partial charge in [0.2, 0.25) is 5.91 Å². The second-order valence-electron chi connectivity index (χ2n) is 7.23. The number of anilines is 2. The number of nitrogens with one attached hydrogen (secondary N) is 2. The second kappa shape index (κ2) is 9.67. The average Bonchev–Trinajstić information content (AvgIpc) is 3.28. The SMILES string of the molecule is O=C(/C=C/c1ccc(-c2ccc(Cl)cc2)o1)Nc1ccc(N2CCNCC2)c([N+](=O)[O-])c1. The predicted octanol–water partition coefficient (Wildman–Crippen LogP) is 4.57. The number of hydrogen-bond donors (Lipinski definition) is 2. The van der Waals surface area contributed by atoms with Crippen LogP contribution in [0.1, 0.15) is 5.76 Å². The van der Waals surface area contributed by atoms with Crippen LogP contribution < -0.4 is 15.5 Å². The summed E-state index contributed by atoms with van der Waals surface area (Å²) in [5.74, 6) is 0.740. The zero-order chi connectivity index (χ0) is 22.5. The van der Waals surface area contributed by atoms with Crippen LogP contribution in [0.3, 0.4) is 0 Å². The fourth-order valence-corrected chi connectivity index (χ4v) is 3.60. The second-order valence-corrected chi connectivity index (χ2v) is 7.67. The summed E-state index contributed by atoms with van der Waals surface area (Å²) in [5, 5.41) is 18.1. The van der Waals surface area contributed by atoms with Crippen LogP contribution in [0.5, 0.6) is 0 Å². The van der Waals surface area contributed by atoms with E-state index in [1.807, 2.05) is 17.0 Å². The Morgan fingerprint density at radius 1 is 1.12 bits per heavy atom. The van der Waals surface area contributed by atoms with Crippen LogP contribution in [-0.2, 0) is 4.79 Å². The first kappa shape index (κ1) is 21.6. The Bertz CT molecular complexity index is 1150. The monoisotopic (exact) mass is 452 g/mol. The zero-order valence-electron chi connectivity index (χ0n) is 17.1. The summed E-state index contributed by atoms with van der Waals surface area (Å²) in [6, 6.07) is 15.5. The fraction of sp³-hybridized carbons (Fsp3) is 0.174. The van der Waals surface area contributed by atoms with Crippen molar-refractivity contribution in [1.29, 1.82) is 0 Å². The van der Waals surface area contributed by atoms with Crippen molar-refractivity contribution in [2.45, 2.75) is 0 Å². The first-order chi connectivity index (χ1) is 15.5. The number of halogens is 1. The van der Waals surface area contributed by atoms with Crippen molar-refractivity contribution in [1.82, 2.24) is 5.32 Å². The number of nitrogens with zero attached hydrogens (tertiary/aromatic N) is 2. The molecule has 1 aromatic heterocycles. The lowest BCUT2D eigenvalue weighted by Gasteiger charge is -2.29. The summed E-state index contributed by atoms with van der Waals surface area (Å²) >= 11 is 5.90. The van der Waals surface area contributed by atoms with Gasteiger partial charge in [-0.2, -0.15) is 0 Å². The molecule has 32 heavy (non-hydrogen) atoms. The Morgan fingerprint density at radius 3 is 2.59 bits per heavy atom. The number of rotatable bonds is 6. The van der Waals surface area contributed by atoms with Crippen LogP contribution in [0.15, 0.2) is 65.1 Å². The first-order valence-corrected chi connectivity index (χ1v) is 10.5. The molecule has 8 nitrogen and oxygen atoms in total. The van der Waals surface area contributed by atoms with Gasteiger partial charge in [-0.3, -0.25) is 14.9 Å². The minimum absolute atomic E-state index is 0.0349. The van der Waals surface area contributed by atoms with Gasteiger partial charge >= 0.3 is 0 Å². The Morgan fingerprint density at radius 2 is 1.88 bits per heavy atom. The molecule has 1 aliphatic rings. The summed E-state index contributed by atoms with van der Waals surface area (Å²) in [6.45, 7) is 2.92. The number of piperazine rings is 1. The molecule has 1 amide bonds. The standard InChI is InChI=1S/C23H21ClN4O4/c24-17-3-1-16(2-4-17)22-9-6-19(32-22)7-10-23(29)26-18-5-8-20(21(15-18)28(30)31)27-13-11-25-12-14-27/h1-10,15,25H,11-14H2,(H,26,29)/b10-7+. The molecule has 4 rings (SSSR count). The van der Waals surface area contributed by atoms with Gasteiger partial charge < -0.3 is 20.0 Å². The quantitative estimate of drug-likeness (QED) is 0.323. The van der Waals surface area contributed by atoms with Crippen molar-refractivity contribution in [3.05, 3.63) is 81.6 Å². The van der Waals surface area contributed by atoms with Gasteiger partial charge in [0.25, 0.3) is 5.69 Å². The first-order valence-electron chi connectivity index (χ1n) is 10.1. The number of amides is 1. The van der Waals surface area contributed by atoms with Gasteiger partial charge in [0.05, 0.1) is 4.92 Å². The maximum absolute atomic E-state index is 12.3. The smallest absolute Gasteiger partial charge is 0.294 e. The largest absolute Gasteiger partial charge is 0.457 e. The van der Waals surface area contributed by atoms with Crippen LogP contribution in [0.25, 0.3) is 17.4 Å². The van der Waals surface area contributed by atoms with Crippen molar-refractivity contribution < 1.29 is 14.1 Å². The van der Waals surface area contributed by atoms with E-state index in [1.165, 1.54) is 18.2 Å². The van der Waals surface area contributed by atoms with E-state index in [2.05, 4.69) is 10.6 Å². The van der Waals surface area contributed by atoms with Crippen LogP contribution in [0, 0.1) is 10.1 Å². The third-order valence-electron chi connectivity index (χ3n) is 5.05. The minimum atomic E-state index is -0.427. The van der Waals surface area contributed by atoms with Crippen molar-refractivity contribution in [2.24, 2.45) is 0 Å². The molecule has 0 saturated carbocycles. The molecule has 0 aliphatic carbocycles. The summed E-state index contributed by atoms with van der Waals surface area (Å²) in [7, 11) is 0. The van der Waals surface area contributed by atoms with Crippen LogP contribution in [-0.4, -0.2) is 37.0 Å². The summed E-state index contributed by atoms with van der Waals surface area (Å²) in [4.78, 5) is 25.4. The van der Waals surface area contributed by atoms with E-state index in [9.17, 15) is 14.9 Å². The fourth-order valence-electron chi connectivity index (χ4n) is 3.47. The molecular formula is C23H21ClN4O4. The molecule has 0 bridgehead atoms. The highest BCUT2D eigenvalue weighted by Crippen LogP contribution is 2.31. The van der Waals surface area contributed by atoms with E-state index in [0.717, 1.165) is 18.7 Å². The Hall–Kier alpha value is -3.62. The molecular weight excluding hydrogens is 432 g/mol. The van der Waals surface area contributed by atoms with E-state index in [1.54, 1.807) is 36.4 Å². The van der Waals surface area contributed by atoms with Crippen molar-refractivity contribution >= 4 is 40.6 Å². The van der Waals surface area contributed by atoms with Gasteiger partial charge in [-0.15, -0.1) is 0 Å². The number of benzene rings is 2. The normalized spacial score (nSPS) is 14.0. The number of nitro groups is 1. The summed E-state index contributed by atoms with van der Waals surface area (Å²) in [6.07, 6.45) is 2.86. The Labute approximate surface area is 189 Å². The number of hydrogen-bond acceptors (Lipinski definition) is 6. The molecule has 0 unspecified atom stereocenters. The minimum Gasteiger partial charge on any atom is -0.457 e. The lowest BCUT2D eigenvalue weighted by atomic mass is 10.2. The summed E-state index contributed by atoms with van der Waals surface area (Å²) < 4.78 is 5.73. The van der Waals surface area contributed by atoms with E-state index < -0.39 is 10.8 Å². The summed E-state index contributed by atoms with van der Waals surface area (Å²) in [5.41, 5.74) is 1.74. The van der Waals surface area contributed by atoms with E-state index in [4.69, 9.17) is 16.0 Å². The van der Waals surface area contributed by atoms with Crippen LogP contribution >= 0.6 is 11.6 Å². The number of furan rings is 1. The molecule has 3 aromatic rings. The molecule has 2 aromatic carbocycles. The lowest BCUT2D eigenvalue weighted by molar-refractivity contribution is -0.384. The number of nitro benzene ring substituents is 1. The highest BCUT2D eigenvalue weighted by atomic mass is 35.5. The molecule has 9 heteroatoms. The predicted molar refractivity (Wildman–Crippen MR) is 125 cm³/mol. The Kier molecular flexibility index (Phi) is 6.53. The topological polar surface area (TPSA) is 101 Å². The molecule has 1 saturated heterocycles.